The smallest absolute Gasteiger partial charge is 0.306 e. The van der Waals surface area contributed by atoms with E-state index in [4.69, 9.17) is 0 Å². The summed E-state index contributed by atoms with van der Waals surface area (Å²) >= 11 is 0. The molecule has 178 valence electrons. The van der Waals surface area contributed by atoms with Crippen LogP contribution in [-0.2, 0) is 16.8 Å². The number of anilines is 2. The summed E-state index contributed by atoms with van der Waals surface area (Å²) in [4.78, 5) is 18.5. The molecule has 2 fully saturated rings. The van der Waals surface area contributed by atoms with Crippen molar-refractivity contribution in [3.05, 3.63) is 53.6 Å². The number of aryl methyl sites for hydroxylation is 1. The molecule has 3 heterocycles. The van der Waals surface area contributed by atoms with Gasteiger partial charge in [-0.3, -0.25) is 9.88 Å². The molecule has 0 saturated carbocycles. The third-order valence-corrected chi connectivity index (χ3v) is 8.07. The van der Waals surface area contributed by atoms with Crippen molar-refractivity contribution in [1.29, 1.82) is 0 Å². The number of pyridine rings is 1. The maximum Gasteiger partial charge on any atom is 0.323 e. The zero-order valence-electron chi connectivity index (χ0n) is 18.8. The fourth-order valence-electron chi connectivity index (χ4n) is 3.93. The van der Waals surface area contributed by atoms with E-state index in [1.165, 1.54) is 20.9 Å². The molecule has 2 amide bonds. The zero-order valence-corrected chi connectivity index (χ0v) is 19.6. The Bertz CT molecular complexity index is 1110. The molecule has 1 aromatic carbocycles. The molecule has 2 saturated heterocycles. The molecule has 0 radical (unpaired) electrons. The topological polar surface area (TPSA) is 97.9 Å². The van der Waals surface area contributed by atoms with E-state index >= 15 is 4.39 Å². The average molecular weight is 477 g/mol. The number of hydrogen-bond acceptors (Lipinski definition) is 5. The molecule has 11 heteroatoms. The number of rotatable bonds is 6. The van der Waals surface area contributed by atoms with E-state index in [0.29, 0.717) is 50.5 Å². The van der Waals surface area contributed by atoms with Gasteiger partial charge in [-0.1, -0.05) is 12.1 Å². The zero-order chi connectivity index (χ0) is 23.6. The number of piperazine rings is 1. The van der Waals surface area contributed by atoms with Crippen LogP contribution in [0.2, 0.25) is 0 Å². The van der Waals surface area contributed by atoms with Crippen molar-refractivity contribution in [2.24, 2.45) is 0 Å². The summed E-state index contributed by atoms with van der Waals surface area (Å²) < 4.78 is 43.5. The number of nitrogens with one attached hydrogen (secondary N) is 2. The normalized spacial score (nSPS) is 20.3. The fraction of sp³-hybridized carbons (Fsp3) is 0.455. The van der Waals surface area contributed by atoms with Gasteiger partial charge >= 0.3 is 6.03 Å². The number of nitrogens with zero attached hydrogens (tertiary/aromatic N) is 4. The van der Waals surface area contributed by atoms with E-state index in [1.54, 1.807) is 24.3 Å². The van der Waals surface area contributed by atoms with Crippen molar-refractivity contribution in [3.63, 3.8) is 0 Å². The van der Waals surface area contributed by atoms with Gasteiger partial charge in [0.2, 0.25) is 0 Å². The average Bonchev–Trinajstić information content (AvgIpc) is 2.72. The Morgan fingerprint density at radius 3 is 2.55 bits per heavy atom. The second kappa shape index (κ2) is 9.72. The van der Waals surface area contributed by atoms with E-state index < -0.39 is 22.1 Å². The van der Waals surface area contributed by atoms with Gasteiger partial charge < -0.3 is 10.6 Å². The van der Waals surface area contributed by atoms with E-state index in [9.17, 15) is 13.2 Å². The maximum absolute atomic E-state index is 15.1. The highest BCUT2D eigenvalue weighted by Gasteiger charge is 2.37. The summed E-state index contributed by atoms with van der Waals surface area (Å²) in [6.07, 6.45) is 2.43. The summed E-state index contributed by atoms with van der Waals surface area (Å²) in [6.45, 7) is 6.51. The molecule has 0 unspecified atom stereocenters. The maximum atomic E-state index is 15.1. The molecule has 33 heavy (non-hydrogen) atoms. The Hall–Kier alpha value is -2.60. The van der Waals surface area contributed by atoms with Crippen LogP contribution in [0.5, 0.6) is 0 Å². The summed E-state index contributed by atoms with van der Waals surface area (Å²) in [6, 6.07) is 7.74. The number of halogens is 1. The van der Waals surface area contributed by atoms with Crippen LogP contribution in [0.1, 0.15) is 24.6 Å². The second-order valence-electron chi connectivity index (χ2n) is 8.48. The highest BCUT2D eigenvalue weighted by Crippen LogP contribution is 2.24. The van der Waals surface area contributed by atoms with Gasteiger partial charge in [0.1, 0.15) is 0 Å². The molecule has 1 aromatic heterocycles. The van der Waals surface area contributed by atoms with Gasteiger partial charge in [0.25, 0.3) is 10.2 Å². The number of urea groups is 1. The lowest BCUT2D eigenvalue weighted by Gasteiger charge is -2.42. The van der Waals surface area contributed by atoms with Crippen molar-refractivity contribution in [1.82, 2.24) is 18.5 Å². The molecular formula is C22H29FN6O3S. The molecule has 2 N–H and O–H groups in total. The minimum Gasteiger partial charge on any atom is -0.306 e. The molecule has 0 aliphatic carbocycles. The molecule has 4 rings (SSSR count). The Labute approximate surface area is 193 Å². The number of benzene rings is 1. The highest BCUT2D eigenvalue weighted by molar-refractivity contribution is 7.86. The number of carbonyl (C=O) groups is 1. The minimum absolute atomic E-state index is 0.0665. The van der Waals surface area contributed by atoms with Crippen LogP contribution in [-0.4, -0.2) is 71.7 Å². The lowest BCUT2D eigenvalue weighted by molar-refractivity contribution is 0.114. The van der Waals surface area contributed by atoms with Crippen molar-refractivity contribution >= 4 is 27.6 Å². The summed E-state index contributed by atoms with van der Waals surface area (Å²) in [5.41, 5.74) is 1.86. The van der Waals surface area contributed by atoms with Gasteiger partial charge in [0.05, 0.1) is 17.6 Å². The largest absolute Gasteiger partial charge is 0.323 e. The number of aromatic nitrogens is 1. The van der Waals surface area contributed by atoms with Gasteiger partial charge in [-0.25, -0.2) is 9.18 Å². The Morgan fingerprint density at radius 2 is 1.91 bits per heavy atom. The van der Waals surface area contributed by atoms with Gasteiger partial charge in [-0.15, -0.1) is 0 Å². The first-order valence-corrected chi connectivity index (χ1v) is 12.4. The fourth-order valence-corrected chi connectivity index (χ4v) is 5.69. The van der Waals surface area contributed by atoms with Crippen LogP contribution in [0, 0.1) is 12.7 Å². The van der Waals surface area contributed by atoms with Crippen molar-refractivity contribution in [2.75, 3.05) is 43.4 Å². The van der Waals surface area contributed by atoms with E-state index in [2.05, 4.69) is 20.5 Å². The first-order valence-electron chi connectivity index (χ1n) is 11.0. The molecular weight excluding hydrogens is 447 g/mol. The van der Waals surface area contributed by atoms with Gasteiger partial charge in [-0.05, 0) is 38.5 Å². The lowest BCUT2D eigenvalue weighted by atomic mass is 10.1. The molecule has 1 atom stereocenters. The third-order valence-electron chi connectivity index (χ3n) is 6.06. The van der Waals surface area contributed by atoms with E-state index in [-0.39, 0.29) is 11.7 Å². The van der Waals surface area contributed by atoms with Crippen molar-refractivity contribution < 1.29 is 17.6 Å². The summed E-state index contributed by atoms with van der Waals surface area (Å²) in [7, 11) is -3.40. The van der Waals surface area contributed by atoms with Crippen LogP contribution in [0.4, 0.5) is 20.6 Å². The first-order chi connectivity index (χ1) is 15.7. The molecule has 2 aliphatic heterocycles. The Morgan fingerprint density at radius 1 is 1.12 bits per heavy atom. The van der Waals surface area contributed by atoms with Gasteiger partial charge in [0.15, 0.2) is 5.82 Å². The molecule has 9 nitrogen and oxygen atoms in total. The van der Waals surface area contributed by atoms with Crippen LogP contribution in [0.25, 0.3) is 0 Å². The summed E-state index contributed by atoms with van der Waals surface area (Å²) in [5, 5.41) is 5.18. The van der Waals surface area contributed by atoms with Crippen LogP contribution in [0.3, 0.4) is 0 Å². The highest BCUT2D eigenvalue weighted by atomic mass is 32.2. The molecule has 0 bridgehead atoms. The number of hydrogen-bond donors (Lipinski definition) is 2. The molecule has 2 aromatic rings. The van der Waals surface area contributed by atoms with E-state index in [0.717, 1.165) is 12.1 Å². The number of amides is 2. The molecule has 0 spiro atoms. The first kappa shape index (κ1) is 23.6. The predicted octanol–water partition coefficient (Wildman–Crippen LogP) is 2.63. The lowest BCUT2D eigenvalue weighted by Crippen LogP contribution is -2.58. The quantitative estimate of drug-likeness (QED) is 0.668. The monoisotopic (exact) mass is 476 g/mol. The van der Waals surface area contributed by atoms with E-state index in [1.807, 2.05) is 13.8 Å². The minimum atomic E-state index is -3.40. The third kappa shape index (κ3) is 5.32. The van der Waals surface area contributed by atoms with Crippen molar-refractivity contribution in [3.8, 4) is 0 Å². The number of carbonyl (C=O) groups excluding carboxylic acids is 1. The summed E-state index contributed by atoms with van der Waals surface area (Å²) in [5.74, 6) is -0.502. The van der Waals surface area contributed by atoms with Gasteiger partial charge in [0, 0.05) is 56.6 Å². The Kier molecular flexibility index (Phi) is 6.94. The van der Waals surface area contributed by atoms with Crippen LogP contribution in [0.15, 0.2) is 36.5 Å². The molecule has 2 aliphatic rings. The standard InChI is InChI=1S/C22H29FN6O3S/c1-16-7-8-19(13-24-16)25-22(30)26-20-6-3-5-18(21(20)23)15-27-11-12-29(14-17(27)2)33(31,32)28-9-4-10-28/h3,5-8,13,17H,4,9-12,14-15H2,1-2H3,(H2,25,26,30)/t17-/m1/s1. The van der Waals surface area contributed by atoms with Gasteiger partial charge in [-0.2, -0.15) is 17.0 Å². The van der Waals surface area contributed by atoms with Crippen molar-refractivity contribution in [2.45, 2.75) is 32.9 Å². The van der Waals surface area contributed by atoms with Crippen LogP contribution < -0.4 is 10.6 Å². The Balaban J connectivity index is 1.37. The SMILES string of the molecule is Cc1ccc(NC(=O)Nc2cccc(CN3CCN(S(=O)(=O)N4CCC4)C[C@H]3C)c2F)cn1. The predicted molar refractivity (Wildman–Crippen MR) is 125 cm³/mol. The second-order valence-corrected chi connectivity index (χ2v) is 10.4. The van der Waals surface area contributed by atoms with Crippen LogP contribution >= 0.6 is 0 Å².